The van der Waals surface area contributed by atoms with Crippen LogP contribution < -0.4 is 10.2 Å². The summed E-state index contributed by atoms with van der Waals surface area (Å²) in [6, 6.07) is 14.8. The zero-order valence-electron chi connectivity index (χ0n) is 12.3. The normalized spacial score (nSPS) is 10.6. The number of hydrazone groups is 1. The minimum Gasteiger partial charge on any atom is -0.492 e. The van der Waals surface area contributed by atoms with Gasteiger partial charge in [-0.1, -0.05) is 41.9 Å². The molecule has 0 atom stereocenters. The minimum atomic E-state index is -0.167. The van der Waals surface area contributed by atoms with E-state index >= 15 is 0 Å². The molecule has 2 aromatic carbocycles. The highest BCUT2D eigenvalue weighted by molar-refractivity contribution is 6.32. The van der Waals surface area contributed by atoms with Crippen LogP contribution in [0.25, 0.3) is 0 Å². The fourth-order valence-electron chi connectivity index (χ4n) is 1.87. The van der Waals surface area contributed by atoms with E-state index in [4.69, 9.17) is 16.3 Å². The van der Waals surface area contributed by atoms with E-state index in [0.717, 1.165) is 11.1 Å². The van der Waals surface area contributed by atoms with Crippen molar-refractivity contribution in [3.8, 4) is 5.75 Å². The predicted octanol–water partition coefficient (Wildman–Crippen LogP) is 3.43. The molecule has 22 heavy (non-hydrogen) atoms. The Bertz CT molecular complexity index is 657. The number of halogens is 1. The highest BCUT2D eigenvalue weighted by Gasteiger charge is 2.02. The van der Waals surface area contributed by atoms with Crippen LogP contribution in [0.5, 0.6) is 5.75 Å². The first-order chi connectivity index (χ1) is 10.7. The zero-order valence-corrected chi connectivity index (χ0v) is 13.0. The Hall–Kier alpha value is -2.33. The molecule has 0 fully saturated rings. The first-order valence-corrected chi connectivity index (χ1v) is 7.35. The summed E-state index contributed by atoms with van der Waals surface area (Å²) < 4.78 is 5.35. The van der Waals surface area contributed by atoms with Crippen LogP contribution in [0, 0.1) is 0 Å². The van der Waals surface area contributed by atoms with Crippen LogP contribution in [0.2, 0.25) is 5.02 Å². The third-order valence-electron chi connectivity index (χ3n) is 2.87. The quantitative estimate of drug-likeness (QED) is 0.655. The molecule has 0 aromatic heterocycles. The molecule has 0 aliphatic rings. The lowest BCUT2D eigenvalue weighted by molar-refractivity contribution is -0.120. The molecule has 0 unspecified atom stereocenters. The van der Waals surface area contributed by atoms with E-state index in [2.05, 4.69) is 10.5 Å². The molecule has 0 bridgehead atoms. The maximum absolute atomic E-state index is 11.7. The lowest BCUT2D eigenvalue weighted by Crippen LogP contribution is -2.19. The molecule has 0 aliphatic heterocycles. The van der Waals surface area contributed by atoms with Crippen LogP contribution in [-0.2, 0) is 11.2 Å². The van der Waals surface area contributed by atoms with Gasteiger partial charge in [0.05, 0.1) is 24.3 Å². The molecular formula is C17H17ClN2O2. The minimum absolute atomic E-state index is 0.167. The Morgan fingerprint density at radius 3 is 2.73 bits per heavy atom. The third kappa shape index (κ3) is 4.90. The number of ether oxygens (including phenoxy) is 1. The number of benzene rings is 2. The molecule has 0 aliphatic carbocycles. The SMILES string of the molecule is CCOc1ccc(/C=N\NC(=O)Cc2ccccc2)cc1Cl. The van der Waals surface area contributed by atoms with Gasteiger partial charge in [0, 0.05) is 0 Å². The molecule has 0 saturated heterocycles. The van der Waals surface area contributed by atoms with Crippen molar-refractivity contribution in [3.63, 3.8) is 0 Å². The van der Waals surface area contributed by atoms with Crippen LogP contribution in [0.15, 0.2) is 53.6 Å². The Morgan fingerprint density at radius 1 is 1.27 bits per heavy atom. The maximum Gasteiger partial charge on any atom is 0.244 e. The van der Waals surface area contributed by atoms with Crippen molar-refractivity contribution in [1.82, 2.24) is 5.43 Å². The highest BCUT2D eigenvalue weighted by atomic mass is 35.5. The summed E-state index contributed by atoms with van der Waals surface area (Å²) in [5, 5.41) is 4.45. The number of carbonyl (C=O) groups is 1. The van der Waals surface area contributed by atoms with Gasteiger partial charge in [-0.25, -0.2) is 5.43 Å². The Morgan fingerprint density at radius 2 is 2.05 bits per heavy atom. The topological polar surface area (TPSA) is 50.7 Å². The fourth-order valence-corrected chi connectivity index (χ4v) is 2.11. The van der Waals surface area contributed by atoms with Gasteiger partial charge in [-0.05, 0) is 36.2 Å². The number of nitrogens with zero attached hydrogens (tertiary/aromatic N) is 1. The Kier molecular flexibility index (Phi) is 5.98. The summed E-state index contributed by atoms with van der Waals surface area (Å²) in [5.74, 6) is 0.467. The molecule has 4 nitrogen and oxygen atoms in total. The first kappa shape index (κ1) is 16.0. The Balaban J connectivity index is 1.89. The van der Waals surface area contributed by atoms with Gasteiger partial charge in [-0.3, -0.25) is 4.79 Å². The summed E-state index contributed by atoms with van der Waals surface area (Å²) in [7, 11) is 0. The van der Waals surface area contributed by atoms with Crippen molar-refractivity contribution in [1.29, 1.82) is 0 Å². The largest absolute Gasteiger partial charge is 0.492 e. The van der Waals surface area contributed by atoms with Crippen molar-refractivity contribution in [2.45, 2.75) is 13.3 Å². The molecule has 1 N–H and O–H groups in total. The van der Waals surface area contributed by atoms with Gasteiger partial charge in [0.25, 0.3) is 0 Å². The van der Waals surface area contributed by atoms with Gasteiger partial charge in [0.2, 0.25) is 5.91 Å². The number of rotatable bonds is 6. The van der Waals surface area contributed by atoms with Gasteiger partial charge < -0.3 is 4.74 Å². The van der Waals surface area contributed by atoms with Gasteiger partial charge in [0.15, 0.2) is 0 Å². The van der Waals surface area contributed by atoms with Crippen LogP contribution in [-0.4, -0.2) is 18.7 Å². The molecule has 2 rings (SSSR count). The number of nitrogens with one attached hydrogen (secondary N) is 1. The monoisotopic (exact) mass is 316 g/mol. The first-order valence-electron chi connectivity index (χ1n) is 6.97. The maximum atomic E-state index is 11.7. The van der Waals surface area contributed by atoms with Gasteiger partial charge in [0.1, 0.15) is 5.75 Å². The third-order valence-corrected chi connectivity index (χ3v) is 3.16. The van der Waals surface area contributed by atoms with Crippen molar-refractivity contribution >= 4 is 23.7 Å². The van der Waals surface area contributed by atoms with E-state index in [-0.39, 0.29) is 5.91 Å². The second-order valence-electron chi connectivity index (χ2n) is 4.58. The molecule has 0 spiro atoms. The molecule has 0 radical (unpaired) electrons. The molecule has 2 aromatic rings. The summed E-state index contributed by atoms with van der Waals surface area (Å²) in [4.78, 5) is 11.7. The highest BCUT2D eigenvalue weighted by Crippen LogP contribution is 2.24. The number of carbonyl (C=O) groups excluding carboxylic acids is 1. The predicted molar refractivity (Wildman–Crippen MR) is 88.5 cm³/mol. The van der Waals surface area contributed by atoms with Crippen LogP contribution in [0.3, 0.4) is 0 Å². The summed E-state index contributed by atoms with van der Waals surface area (Å²) >= 11 is 6.08. The van der Waals surface area contributed by atoms with E-state index in [1.165, 1.54) is 0 Å². The molecule has 0 heterocycles. The van der Waals surface area contributed by atoms with E-state index in [0.29, 0.717) is 23.8 Å². The molecule has 114 valence electrons. The Labute approximate surface area is 134 Å². The number of hydrogen-bond donors (Lipinski definition) is 1. The lowest BCUT2D eigenvalue weighted by atomic mass is 10.1. The van der Waals surface area contributed by atoms with E-state index in [1.54, 1.807) is 18.3 Å². The van der Waals surface area contributed by atoms with E-state index in [9.17, 15) is 4.79 Å². The van der Waals surface area contributed by atoms with Crippen LogP contribution in [0.4, 0.5) is 0 Å². The average molecular weight is 317 g/mol. The lowest BCUT2D eigenvalue weighted by Gasteiger charge is -2.05. The summed E-state index contributed by atoms with van der Waals surface area (Å²) in [5.41, 5.74) is 4.22. The second-order valence-corrected chi connectivity index (χ2v) is 4.99. The van der Waals surface area contributed by atoms with Crippen molar-refractivity contribution in [3.05, 3.63) is 64.7 Å². The van der Waals surface area contributed by atoms with Crippen LogP contribution >= 0.6 is 11.6 Å². The number of amides is 1. The van der Waals surface area contributed by atoms with Gasteiger partial charge in [-0.2, -0.15) is 5.10 Å². The molecular weight excluding hydrogens is 300 g/mol. The molecule has 5 heteroatoms. The fraction of sp³-hybridized carbons (Fsp3) is 0.176. The number of hydrogen-bond acceptors (Lipinski definition) is 3. The summed E-state index contributed by atoms with van der Waals surface area (Å²) in [6.07, 6.45) is 1.84. The van der Waals surface area contributed by atoms with Crippen molar-refractivity contribution in [2.24, 2.45) is 5.10 Å². The second kappa shape index (κ2) is 8.20. The smallest absolute Gasteiger partial charge is 0.244 e. The molecule has 1 amide bonds. The summed E-state index contributed by atoms with van der Waals surface area (Å²) in [6.45, 7) is 2.46. The van der Waals surface area contributed by atoms with Gasteiger partial charge in [-0.15, -0.1) is 0 Å². The van der Waals surface area contributed by atoms with Crippen LogP contribution in [0.1, 0.15) is 18.1 Å². The standard InChI is InChI=1S/C17H17ClN2O2/c1-2-22-16-9-8-14(10-15(16)18)12-19-20-17(21)11-13-6-4-3-5-7-13/h3-10,12H,2,11H2,1H3,(H,20,21)/b19-12-. The zero-order chi connectivity index (χ0) is 15.8. The average Bonchev–Trinajstić information content (AvgIpc) is 2.51. The van der Waals surface area contributed by atoms with E-state index in [1.807, 2.05) is 43.3 Å². The van der Waals surface area contributed by atoms with E-state index < -0.39 is 0 Å². The van der Waals surface area contributed by atoms with Crippen molar-refractivity contribution in [2.75, 3.05) is 6.61 Å². The molecule has 0 saturated carbocycles. The van der Waals surface area contributed by atoms with Gasteiger partial charge >= 0.3 is 0 Å². The van der Waals surface area contributed by atoms with Crippen molar-refractivity contribution < 1.29 is 9.53 Å².